The number of halogens is 1. The van der Waals surface area contributed by atoms with Gasteiger partial charge in [0.05, 0.1) is 19.0 Å². The topological polar surface area (TPSA) is 118 Å². The number of aromatic nitrogens is 3. The highest BCUT2D eigenvalue weighted by atomic mass is 32.2. The number of sulfonamides is 1. The van der Waals surface area contributed by atoms with Gasteiger partial charge in [0.15, 0.2) is 5.82 Å². The van der Waals surface area contributed by atoms with Gasteiger partial charge in [-0.2, -0.15) is 0 Å². The number of anilines is 3. The Morgan fingerprint density at radius 3 is 2.55 bits per heavy atom. The van der Waals surface area contributed by atoms with Crippen LogP contribution in [0.3, 0.4) is 0 Å². The number of methoxy groups -OCH3 is 1. The number of rotatable bonds is 9. The zero-order valence-corrected chi connectivity index (χ0v) is 16.3. The highest BCUT2D eigenvalue weighted by molar-refractivity contribution is 7.89. The average molecular weight is 418 g/mol. The van der Waals surface area contributed by atoms with Gasteiger partial charge in [0.2, 0.25) is 10.0 Å². The standard InChI is InChI=1S/C18H19FN6O3S/c1-28-15-5-4-13(19)11-16(15)29(26,27)22-10-9-21-17-6-7-18(25-24-17)23-14-3-2-8-20-12-14/h2-8,11-12,22H,9-10H2,1H3,(H,21,24)(H,23,25). The largest absolute Gasteiger partial charge is 0.495 e. The van der Waals surface area contributed by atoms with Gasteiger partial charge in [0, 0.05) is 19.3 Å². The van der Waals surface area contributed by atoms with Gasteiger partial charge in [-0.05, 0) is 42.5 Å². The Hall–Kier alpha value is -3.31. The fraction of sp³-hybridized carbons (Fsp3) is 0.167. The SMILES string of the molecule is COc1ccc(F)cc1S(=O)(=O)NCCNc1ccc(Nc2cccnc2)nn1. The van der Waals surface area contributed by atoms with E-state index in [1.807, 2.05) is 6.07 Å². The Bertz CT molecular complexity index is 1050. The lowest BCUT2D eigenvalue weighted by Gasteiger charge is -2.11. The van der Waals surface area contributed by atoms with Crippen LogP contribution in [0.15, 0.2) is 59.8 Å². The number of nitrogens with one attached hydrogen (secondary N) is 3. The first-order chi connectivity index (χ1) is 14.0. The molecular formula is C18H19FN6O3S. The zero-order valence-electron chi connectivity index (χ0n) is 15.5. The van der Waals surface area contributed by atoms with E-state index in [1.165, 1.54) is 13.2 Å². The maximum Gasteiger partial charge on any atom is 0.244 e. The molecule has 11 heteroatoms. The monoisotopic (exact) mass is 418 g/mol. The molecule has 0 aliphatic heterocycles. The van der Waals surface area contributed by atoms with Crippen LogP contribution in [0.25, 0.3) is 0 Å². The van der Waals surface area contributed by atoms with Gasteiger partial charge >= 0.3 is 0 Å². The minimum absolute atomic E-state index is 0.0549. The summed E-state index contributed by atoms with van der Waals surface area (Å²) in [4.78, 5) is 3.74. The molecule has 152 valence electrons. The van der Waals surface area contributed by atoms with Crippen LogP contribution in [0.1, 0.15) is 0 Å². The van der Waals surface area contributed by atoms with Crippen molar-refractivity contribution in [3.8, 4) is 5.75 Å². The Kier molecular flexibility index (Phi) is 6.52. The third kappa shape index (κ3) is 5.59. The summed E-state index contributed by atoms with van der Waals surface area (Å²) in [6.07, 6.45) is 3.33. The van der Waals surface area contributed by atoms with Crippen molar-refractivity contribution in [3.63, 3.8) is 0 Å². The van der Waals surface area contributed by atoms with Crippen LogP contribution < -0.4 is 20.1 Å². The molecule has 0 atom stereocenters. The van der Waals surface area contributed by atoms with E-state index in [2.05, 4.69) is 30.5 Å². The number of ether oxygens (including phenoxy) is 1. The zero-order chi connectivity index (χ0) is 20.7. The summed E-state index contributed by atoms with van der Waals surface area (Å²) in [5.41, 5.74) is 0.782. The van der Waals surface area contributed by atoms with E-state index in [0.717, 1.165) is 17.8 Å². The molecule has 0 unspecified atom stereocenters. The summed E-state index contributed by atoms with van der Waals surface area (Å²) < 4.78 is 45.5. The average Bonchev–Trinajstić information content (AvgIpc) is 2.73. The Balaban J connectivity index is 1.52. The Morgan fingerprint density at radius 1 is 1.07 bits per heavy atom. The molecule has 2 heterocycles. The van der Waals surface area contributed by atoms with Crippen molar-refractivity contribution in [1.82, 2.24) is 19.9 Å². The van der Waals surface area contributed by atoms with Gasteiger partial charge in [0.1, 0.15) is 22.3 Å². The van der Waals surface area contributed by atoms with Crippen molar-refractivity contribution in [2.45, 2.75) is 4.90 Å². The molecule has 0 saturated heterocycles. The summed E-state index contributed by atoms with van der Waals surface area (Å²) in [6.45, 7) is 0.306. The first-order valence-electron chi connectivity index (χ1n) is 8.56. The molecule has 0 radical (unpaired) electrons. The molecule has 2 aromatic heterocycles. The first-order valence-corrected chi connectivity index (χ1v) is 10.0. The van der Waals surface area contributed by atoms with Gasteiger partial charge in [0.25, 0.3) is 0 Å². The third-order valence-electron chi connectivity index (χ3n) is 3.74. The second kappa shape index (κ2) is 9.26. The van der Waals surface area contributed by atoms with Crippen molar-refractivity contribution in [3.05, 3.63) is 60.7 Å². The number of hydrogen-bond acceptors (Lipinski definition) is 8. The minimum atomic E-state index is -3.93. The molecule has 0 amide bonds. The molecule has 1 aromatic carbocycles. The number of nitrogens with zero attached hydrogens (tertiary/aromatic N) is 3. The van der Waals surface area contributed by atoms with Gasteiger partial charge in [-0.1, -0.05) is 0 Å². The second-order valence-corrected chi connectivity index (χ2v) is 7.53. The molecule has 0 fully saturated rings. The summed E-state index contributed by atoms with van der Waals surface area (Å²) in [5.74, 6) is 0.417. The lowest BCUT2D eigenvalue weighted by atomic mass is 10.3. The van der Waals surface area contributed by atoms with E-state index in [0.29, 0.717) is 11.6 Å². The molecule has 0 aliphatic rings. The van der Waals surface area contributed by atoms with E-state index in [1.54, 1.807) is 30.6 Å². The fourth-order valence-corrected chi connectivity index (χ4v) is 3.60. The molecule has 0 saturated carbocycles. The van der Waals surface area contributed by atoms with Gasteiger partial charge in [-0.15, -0.1) is 10.2 Å². The fourth-order valence-electron chi connectivity index (χ4n) is 2.39. The minimum Gasteiger partial charge on any atom is -0.495 e. The maximum atomic E-state index is 13.4. The van der Waals surface area contributed by atoms with Gasteiger partial charge < -0.3 is 15.4 Å². The van der Waals surface area contributed by atoms with Crippen molar-refractivity contribution < 1.29 is 17.5 Å². The second-order valence-electron chi connectivity index (χ2n) is 5.79. The van der Waals surface area contributed by atoms with E-state index in [4.69, 9.17) is 4.74 Å². The van der Waals surface area contributed by atoms with Crippen molar-refractivity contribution >= 4 is 27.3 Å². The van der Waals surface area contributed by atoms with Crippen LogP contribution in [0.4, 0.5) is 21.7 Å². The van der Waals surface area contributed by atoms with Gasteiger partial charge in [-0.3, -0.25) is 4.98 Å². The number of hydrogen-bond donors (Lipinski definition) is 3. The Labute approximate surface area is 167 Å². The Morgan fingerprint density at radius 2 is 1.86 bits per heavy atom. The van der Waals surface area contributed by atoms with Crippen LogP contribution >= 0.6 is 0 Å². The quantitative estimate of drug-likeness (QED) is 0.453. The molecule has 0 aliphatic carbocycles. The number of benzene rings is 1. The van der Waals surface area contributed by atoms with Crippen LogP contribution in [0, 0.1) is 5.82 Å². The maximum absolute atomic E-state index is 13.4. The predicted molar refractivity (Wildman–Crippen MR) is 106 cm³/mol. The van der Waals surface area contributed by atoms with Gasteiger partial charge in [-0.25, -0.2) is 17.5 Å². The molecule has 9 nitrogen and oxygen atoms in total. The predicted octanol–water partition coefficient (Wildman–Crippen LogP) is 2.15. The molecule has 29 heavy (non-hydrogen) atoms. The molecule has 3 rings (SSSR count). The lowest BCUT2D eigenvalue weighted by Crippen LogP contribution is -2.29. The molecule has 0 spiro atoms. The summed E-state index contributed by atoms with van der Waals surface area (Å²) in [7, 11) is -2.61. The highest BCUT2D eigenvalue weighted by Gasteiger charge is 2.19. The van der Waals surface area contributed by atoms with Crippen molar-refractivity contribution in [2.24, 2.45) is 0 Å². The van der Waals surface area contributed by atoms with Crippen LogP contribution in [0.5, 0.6) is 5.75 Å². The summed E-state index contributed by atoms with van der Waals surface area (Å²) in [5, 5.41) is 14.1. The highest BCUT2D eigenvalue weighted by Crippen LogP contribution is 2.24. The van der Waals surface area contributed by atoms with Crippen LogP contribution in [-0.2, 0) is 10.0 Å². The van der Waals surface area contributed by atoms with E-state index in [9.17, 15) is 12.8 Å². The van der Waals surface area contributed by atoms with E-state index < -0.39 is 15.8 Å². The van der Waals surface area contributed by atoms with Crippen molar-refractivity contribution in [1.29, 1.82) is 0 Å². The molecule has 3 N–H and O–H groups in total. The normalized spacial score (nSPS) is 11.1. The van der Waals surface area contributed by atoms with Crippen LogP contribution in [-0.4, -0.2) is 43.8 Å². The number of pyridine rings is 1. The van der Waals surface area contributed by atoms with E-state index in [-0.39, 0.29) is 23.7 Å². The third-order valence-corrected chi connectivity index (χ3v) is 5.22. The summed E-state index contributed by atoms with van der Waals surface area (Å²) in [6, 6.07) is 10.4. The first kappa shape index (κ1) is 20.4. The molecule has 3 aromatic rings. The summed E-state index contributed by atoms with van der Waals surface area (Å²) >= 11 is 0. The van der Waals surface area contributed by atoms with Crippen LogP contribution in [0.2, 0.25) is 0 Å². The molecular weight excluding hydrogens is 399 g/mol. The van der Waals surface area contributed by atoms with E-state index >= 15 is 0 Å². The smallest absolute Gasteiger partial charge is 0.244 e. The molecule has 0 bridgehead atoms. The van der Waals surface area contributed by atoms with Crippen molar-refractivity contribution in [2.75, 3.05) is 30.8 Å². The lowest BCUT2D eigenvalue weighted by molar-refractivity contribution is 0.400.